The maximum atomic E-state index is 11.9. The van der Waals surface area contributed by atoms with E-state index >= 15 is 0 Å². The fraction of sp³-hybridized carbons (Fsp3) is 0.0714. The lowest BCUT2D eigenvalue weighted by molar-refractivity contribution is -0.115. The molecule has 0 saturated heterocycles. The van der Waals surface area contributed by atoms with Gasteiger partial charge in [-0.25, -0.2) is 13.6 Å². The maximum Gasteiger partial charge on any atom is 0.238 e. The molecule has 0 aromatic heterocycles. The SMILES string of the molecule is Nc1ccc(CC(=O)Nc2ccc(S(N)(=O)=O)cc2)cc1. The first kappa shape index (κ1) is 15.0. The number of nitrogens with two attached hydrogens (primary N) is 2. The summed E-state index contributed by atoms with van der Waals surface area (Å²) in [6.45, 7) is 0. The summed E-state index contributed by atoms with van der Waals surface area (Å²) >= 11 is 0. The standard InChI is InChI=1S/C14H15N3O3S/c15-11-3-1-10(2-4-11)9-14(18)17-12-5-7-13(8-6-12)21(16,19)20/h1-8H,9,15H2,(H,17,18)(H2,16,19,20). The number of amides is 1. The number of anilines is 2. The summed E-state index contributed by atoms with van der Waals surface area (Å²) in [4.78, 5) is 11.9. The predicted molar refractivity (Wildman–Crippen MR) is 81.0 cm³/mol. The Morgan fingerprint density at radius 3 is 2.10 bits per heavy atom. The van der Waals surface area contributed by atoms with E-state index in [4.69, 9.17) is 10.9 Å². The van der Waals surface area contributed by atoms with Crippen LogP contribution in [0.4, 0.5) is 11.4 Å². The minimum atomic E-state index is -3.73. The van der Waals surface area contributed by atoms with Crippen LogP contribution in [0.5, 0.6) is 0 Å². The van der Waals surface area contributed by atoms with E-state index in [-0.39, 0.29) is 17.2 Å². The first-order valence-electron chi connectivity index (χ1n) is 6.12. The molecule has 0 atom stereocenters. The molecule has 0 aliphatic carbocycles. The summed E-state index contributed by atoms with van der Waals surface area (Å²) in [7, 11) is -3.73. The first-order chi connectivity index (χ1) is 9.84. The van der Waals surface area contributed by atoms with Crippen LogP contribution in [-0.2, 0) is 21.2 Å². The van der Waals surface area contributed by atoms with E-state index in [1.165, 1.54) is 24.3 Å². The van der Waals surface area contributed by atoms with Crippen LogP contribution in [-0.4, -0.2) is 14.3 Å². The van der Waals surface area contributed by atoms with Gasteiger partial charge in [0.2, 0.25) is 15.9 Å². The van der Waals surface area contributed by atoms with Gasteiger partial charge in [0.15, 0.2) is 0 Å². The zero-order valence-corrected chi connectivity index (χ0v) is 11.9. The third-order valence-corrected chi connectivity index (χ3v) is 3.74. The topological polar surface area (TPSA) is 115 Å². The molecule has 0 aliphatic rings. The Labute approximate surface area is 122 Å². The van der Waals surface area contributed by atoms with Crippen LogP contribution in [0.2, 0.25) is 0 Å². The van der Waals surface area contributed by atoms with Crippen molar-refractivity contribution in [1.29, 1.82) is 0 Å². The van der Waals surface area contributed by atoms with E-state index in [0.717, 1.165) is 5.56 Å². The first-order valence-corrected chi connectivity index (χ1v) is 7.66. The van der Waals surface area contributed by atoms with Crippen molar-refractivity contribution < 1.29 is 13.2 Å². The highest BCUT2D eigenvalue weighted by molar-refractivity contribution is 7.89. The monoisotopic (exact) mass is 305 g/mol. The van der Waals surface area contributed by atoms with Crippen LogP contribution in [0.25, 0.3) is 0 Å². The van der Waals surface area contributed by atoms with Gasteiger partial charge < -0.3 is 11.1 Å². The second-order valence-corrected chi connectivity index (χ2v) is 6.10. The van der Waals surface area contributed by atoms with E-state index < -0.39 is 10.0 Å². The van der Waals surface area contributed by atoms with Crippen LogP contribution in [0, 0.1) is 0 Å². The van der Waals surface area contributed by atoms with E-state index in [0.29, 0.717) is 11.4 Å². The third kappa shape index (κ3) is 4.30. The summed E-state index contributed by atoms with van der Waals surface area (Å²) in [5.74, 6) is -0.205. The number of nitrogens with one attached hydrogen (secondary N) is 1. The molecule has 1 amide bonds. The summed E-state index contributed by atoms with van der Waals surface area (Å²) in [6.07, 6.45) is 0.206. The number of primary sulfonamides is 1. The van der Waals surface area contributed by atoms with Crippen molar-refractivity contribution in [3.8, 4) is 0 Å². The van der Waals surface area contributed by atoms with E-state index in [1.54, 1.807) is 24.3 Å². The van der Waals surface area contributed by atoms with Crippen molar-refractivity contribution in [2.24, 2.45) is 5.14 Å². The molecule has 0 bridgehead atoms. The molecule has 110 valence electrons. The van der Waals surface area contributed by atoms with E-state index in [9.17, 15) is 13.2 Å². The number of benzene rings is 2. The van der Waals surface area contributed by atoms with Gasteiger partial charge in [0.05, 0.1) is 11.3 Å². The maximum absolute atomic E-state index is 11.9. The lowest BCUT2D eigenvalue weighted by Gasteiger charge is -2.06. The number of nitrogen functional groups attached to an aromatic ring is 1. The average molecular weight is 305 g/mol. The number of sulfonamides is 1. The Hall–Kier alpha value is -2.38. The van der Waals surface area contributed by atoms with Crippen molar-refractivity contribution in [3.63, 3.8) is 0 Å². The Balaban J connectivity index is 2.01. The summed E-state index contributed by atoms with van der Waals surface area (Å²) < 4.78 is 22.2. The van der Waals surface area contributed by atoms with E-state index in [2.05, 4.69) is 5.32 Å². The van der Waals surface area contributed by atoms with Gasteiger partial charge in [-0.15, -0.1) is 0 Å². The van der Waals surface area contributed by atoms with Crippen molar-refractivity contribution in [1.82, 2.24) is 0 Å². The number of carbonyl (C=O) groups excluding carboxylic acids is 1. The minimum Gasteiger partial charge on any atom is -0.399 e. The molecule has 0 heterocycles. The summed E-state index contributed by atoms with van der Waals surface area (Å²) in [6, 6.07) is 12.7. The van der Waals surface area contributed by atoms with Gasteiger partial charge in [-0.1, -0.05) is 12.1 Å². The van der Waals surface area contributed by atoms with Crippen molar-refractivity contribution in [2.45, 2.75) is 11.3 Å². The highest BCUT2D eigenvalue weighted by Gasteiger charge is 2.08. The molecule has 0 aliphatic heterocycles. The normalized spacial score (nSPS) is 11.1. The molecule has 0 radical (unpaired) electrons. The van der Waals surface area contributed by atoms with Crippen LogP contribution < -0.4 is 16.2 Å². The Bertz CT molecular complexity index is 738. The minimum absolute atomic E-state index is 0.000895. The number of hydrogen-bond donors (Lipinski definition) is 3. The fourth-order valence-corrected chi connectivity index (χ4v) is 2.27. The number of carbonyl (C=O) groups is 1. The smallest absolute Gasteiger partial charge is 0.238 e. The molecular weight excluding hydrogens is 290 g/mol. The third-order valence-electron chi connectivity index (χ3n) is 2.81. The molecule has 0 saturated carbocycles. The zero-order chi connectivity index (χ0) is 15.5. The highest BCUT2D eigenvalue weighted by atomic mass is 32.2. The van der Waals surface area contributed by atoms with Crippen LogP contribution in [0.1, 0.15) is 5.56 Å². The molecule has 2 aromatic carbocycles. The predicted octanol–water partition coefficient (Wildman–Crippen LogP) is 1.10. The van der Waals surface area contributed by atoms with Crippen molar-refractivity contribution in [2.75, 3.05) is 11.1 Å². The van der Waals surface area contributed by atoms with Crippen molar-refractivity contribution >= 4 is 27.3 Å². The van der Waals surface area contributed by atoms with Gasteiger partial charge in [-0.05, 0) is 42.0 Å². The molecule has 6 nitrogen and oxygen atoms in total. The molecule has 7 heteroatoms. The molecule has 21 heavy (non-hydrogen) atoms. The second kappa shape index (κ2) is 5.94. The average Bonchev–Trinajstić information content (AvgIpc) is 2.41. The van der Waals surface area contributed by atoms with Gasteiger partial charge in [0, 0.05) is 11.4 Å². The van der Waals surface area contributed by atoms with Gasteiger partial charge in [0.25, 0.3) is 0 Å². The van der Waals surface area contributed by atoms with Crippen LogP contribution >= 0.6 is 0 Å². The Kier molecular flexibility index (Phi) is 4.25. The van der Waals surface area contributed by atoms with Crippen molar-refractivity contribution in [3.05, 3.63) is 54.1 Å². The van der Waals surface area contributed by atoms with E-state index in [1.807, 2.05) is 0 Å². The molecule has 5 N–H and O–H groups in total. The molecule has 0 fully saturated rings. The molecule has 2 rings (SSSR count). The molecular formula is C14H15N3O3S. The molecule has 0 spiro atoms. The Morgan fingerprint density at radius 2 is 1.57 bits per heavy atom. The summed E-state index contributed by atoms with van der Waals surface area (Å²) in [5.41, 5.74) is 7.55. The molecule has 2 aromatic rings. The number of rotatable bonds is 4. The lowest BCUT2D eigenvalue weighted by atomic mass is 10.1. The number of hydrogen-bond acceptors (Lipinski definition) is 4. The quantitative estimate of drug-likeness (QED) is 0.733. The largest absolute Gasteiger partial charge is 0.399 e. The zero-order valence-electron chi connectivity index (χ0n) is 11.1. The Morgan fingerprint density at radius 1 is 1.00 bits per heavy atom. The van der Waals surface area contributed by atoms with Crippen LogP contribution in [0.3, 0.4) is 0 Å². The fourth-order valence-electron chi connectivity index (χ4n) is 1.75. The lowest BCUT2D eigenvalue weighted by Crippen LogP contribution is -2.15. The van der Waals surface area contributed by atoms with Crippen LogP contribution in [0.15, 0.2) is 53.4 Å². The van der Waals surface area contributed by atoms with Gasteiger partial charge in [0.1, 0.15) is 0 Å². The van der Waals surface area contributed by atoms with Gasteiger partial charge in [-0.3, -0.25) is 4.79 Å². The van der Waals surface area contributed by atoms with Gasteiger partial charge in [-0.2, -0.15) is 0 Å². The second-order valence-electron chi connectivity index (χ2n) is 4.54. The van der Waals surface area contributed by atoms with Gasteiger partial charge >= 0.3 is 0 Å². The highest BCUT2D eigenvalue weighted by Crippen LogP contribution is 2.13. The summed E-state index contributed by atoms with van der Waals surface area (Å²) in [5, 5.41) is 7.67. The molecule has 0 unspecified atom stereocenters.